The third kappa shape index (κ3) is 17.9. The van der Waals surface area contributed by atoms with Crippen molar-refractivity contribution < 1.29 is 18.1 Å². The molecule has 2 unspecified atom stereocenters. The minimum Gasteiger partial charge on any atom is -0.393 e. The maximum absolute atomic E-state index is 11.6. The van der Waals surface area contributed by atoms with E-state index in [-0.39, 0.29) is 6.10 Å². The normalized spacial score (nSPS) is 14.3. The van der Waals surface area contributed by atoms with Crippen LogP contribution in [0.1, 0.15) is 136 Å². The molecular weight excluding hydrogens is 372 g/mol. The van der Waals surface area contributed by atoms with Crippen molar-refractivity contribution in [1.29, 1.82) is 0 Å². The van der Waals surface area contributed by atoms with Crippen molar-refractivity contribution in [2.45, 2.75) is 147 Å². The molecule has 5 heteroatoms. The van der Waals surface area contributed by atoms with Gasteiger partial charge in [-0.2, -0.15) is 8.42 Å². The predicted octanol–water partition coefficient (Wildman–Crippen LogP) is 7.06. The lowest BCUT2D eigenvalue weighted by molar-refractivity contribution is 0.147. The van der Waals surface area contributed by atoms with Crippen molar-refractivity contribution in [2.75, 3.05) is 0 Å². The van der Waals surface area contributed by atoms with Crippen molar-refractivity contribution in [3.8, 4) is 0 Å². The minimum absolute atomic E-state index is 0.155. The Morgan fingerprint density at radius 3 is 1.29 bits per heavy atom. The number of hydrogen-bond donors (Lipinski definition) is 2. The molecule has 0 amide bonds. The number of unbranched alkanes of at least 4 members (excludes halogenated alkanes) is 12. The Labute approximate surface area is 175 Å². The monoisotopic (exact) mass is 420 g/mol. The van der Waals surface area contributed by atoms with Crippen LogP contribution in [0.2, 0.25) is 0 Å². The highest BCUT2D eigenvalue weighted by Gasteiger charge is 2.21. The number of rotatable bonds is 21. The molecule has 0 heterocycles. The molecule has 0 aromatic carbocycles. The predicted molar refractivity (Wildman–Crippen MR) is 120 cm³/mol. The van der Waals surface area contributed by atoms with Gasteiger partial charge in [-0.15, -0.1) is 0 Å². The molecule has 0 aliphatic rings. The van der Waals surface area contributed by atoms with Crippen molar-refractivity contribution >= 4 is 10.1 Å². The first-order valence-corrected chi connectivity index (χ1v) is 13.6. The lowest BCUT2D eigenvalue weighted by atomic mass is 10.0. The molecule has 0 rings (SSSR count). The zero-order valence-corrected chi connectivity index (χ0v) is 19.5. The van der Waals surface area contributed by atoms with E-state index in [0.717, 1.165) is 70.6 Å². The van der Waals surface area contributed by atoms with E-state index in [1.54, 1.807) is 0 Å². The lowest BCUT2D eigenvalue weighted by Gasteiger charge is -2.14. The van der Waals surface area contributed by atoms with Crippen LogP contribution in [-0.4, -0.2) is 29.4 Å². The lowest BCUT2D eigenvalue weighted by Crippen LogP contribution is -2.20. The molecule has 2 atom stereocenters. The van der Waals surface area contributed by atoms with E-state index in [4.69, 9.17) is 0 Å². The Morgan fingerprint density at radius 2 is 0.893 bits per heavy atom. The first-order valence-electron chi connectivity index (χ1n) is 12.1. The zero-order chi connectivity index (χ0) is 21.1. The second kappa shape index (κ2) is 18.9. The second-order valence-corrected chi connectivity index (χ2v) is 10.2. The van der Waals surface area contributed by atoms with E-state index in [0.29, 0.717) is 12.8 Å². The molecule has 0 aromatic rings. The van der Waals surface area contributed by atoms with E-state index in [2.05, 4.69) is 13.8 Å². The molecule has 2 N–H and O–H groups in total. The van der Waals surface area contributed by atoms with Crippen LogP contribution in [0.4, 0.5) is 0 Å². The summed E-state index contributed by atoms with van der Waals surface area (Å²) in [6, 6.07) is 0. The minimum atomic E-state index is -3.92. The molecule has 0 aliphatic heterocycles. The molecular formula is C23H48O4S. The van der Waals surface area contributed by atoms with Crippen molar-refractivity contribution in [2.24, 2.45) is 0 Å². The summed E-state index contributed by atoms with van der Waals surface area (Å²) in [5.74, 6) is 0. The molecule has 4 nitrogen and oxygen atoms in total. The Balaban J connectivity index is 3.71. The molecule has 0 fully saturated rings. The summed E-state index contributed by atoms with van der Waals surface area (Å²) < 4.78 is 32.7. The van der Waals surface area contributed by atoms with Crippen LogP contribution in [0.3, 0.4) is 0 Å². The fourth-order valence-electron chi connectivity index (χ4n) is 3.83. The van der Waals surface area contributed by atoms with Gasteiger partial charge in [-0.25, -0.2) is 0 Å². The van der Waals surface area contributed by atoms with Gasteiger partial charge in [0.25, 0.3) is 10.1 Å². The van der Waals surface area contributed by atoms with Crippen LogP contribution in [0.25, 0.3) is 0 Å². The van der Waals surface area contributed by atoms with Gasteiger partial charge in [0.2, 0.25) is 0 Å². The summed E-state index contributed by atoms with van der Waals surface area (Å²) in [4.78, 5) is 0. The Bertz CT molecular complexity index is 422. The maximum atomic E-state index is 11.6. The molecule has 0 radical (unpaired) electrons. The summed E-state index contributed by atoms with van der Waals surface area (Å²) in [6.45, 7) is 4.38. The van der Waals surface area contributed by atoms with Crippen molar-refractivity contribution in [3.63, 3.8) is 0 Å². The third-order valence-electron chi connectivity index (χ3n) is 5.76. The maximum Gasteiger partial charge on any atom is 0.267 e. The summed E-state index contributed by atoms with van der Waals surface area (Å²) in [7, 11) is -3.92. The van der Waals surface area contributed by atoms with E-state index in [9.17, 15) is 18.1 Å². The highest BCUT2D eigenvalue weighted by atomic mass is 32.2. The van der Waals surface area contributed by atoms with Crippen LogP contribution in [0.5, 0.6) is 0 Å². The van der Waals surface area contributed by atoms with E-state index < -0.39 is 15.4 Å². The van der Waals surface area contributed by atoms with E-state index in [1.807, 2.05) is 0 Å². The highest BCUT2D eigenvalue weighted by Crippen LogP contribution is 2.19. The van der Waals surface area contributed by atoms with Crippen LogP contribution < -0.4 is 0 Å². The average Bonchev–Trinajstić information content (AvgIpc) is 2.64. The van der Waals surface area contributed by atoms with Crippen LogP contribution >= 0.6 is 0 Å². The largest absolute Gasteiger partial charge is 0.393 e. The van der Waals surface area contributed by atoms with Crippen LogP contribution in [0.15, 0.2) is 0 Å². The summed E-state index contributed by atoms with van der Waals surface area (Å²) in [6.07, 6.45) is 19.6. The van der Waals surface area contributed by atoms with Gasteiger partial charge in [-0.05, 0) is 25.7 Å². The van der Waals surface area contributed by atoms with Gasteiger partial charge in [0.05, 0.1) is 11.4 Å². The second-order valence-electron chi connectivity index (χ2n) is 8.54. The van der Waals surface area contributed by atoms with E-state index >= 15 is 0 Å². The Morgan fingerprint density at radius 1 is 0.571 bits per heavy atom. The Kier molecular flexibility index (Phi) is 18.8. The van der Waals surface area contributed by atoms with Gasteiger partial charge >= 0.3 is 0 Å². The molecule has 0 aliphatic carbocycles. The van der Waals surface area contributed by atoms with Crippen LogP contribution in [0, 0.1) is 0 Å². The molecule has 0 aromatic heterocycles. The summed E-state index contributed by atoms with van der Waals surface area (Å²) >= 11 is 0. The number of aliphatic hydroxyl groups is 1. The van der Waals surface area contributed by atoms with Crippen LogP contribution in [-0.2, 0) is 10.1 Å². The van der Waals surface area contributed by atoms with Gasteiger partial charge in [0.15, 0.2) is 0 Å². The van der Waals surface area contributed by atoms with Crippen molar-refractivity contribution in [1.82, 2.24) is 0 Å². The Hall–Kier alpha value is -0.130. The van der Waals surface area contributed by atoms with Gasteiger partial charge in [0.1, 0.15) is 0 Å². The van der Waals surface area contributed by atoms with E-state index in [1.165, 1.54) is 38.5 Å². The standard InChI is InChI=1S/C23H48O4S/c1-3-5-7-9-12-16-20-23(28(25,26)27)21-17-13-10-11-15-19-22(24)18-14-8-6-4-2/h22-24H,3-21H2,1-2H3,(H,25,26,27). The van der Waals surface area contributed by atoms with Gasteiger partial charge in [0, 0.05) is 0 Å². The summed E-state index contributed by atoms with van der Waals surface area (Å²) in [5, 5.41) is 9.39. The molecule has 28 heavy (non-hydrogen) atoms. The zero-order valence-electron chi connectivity index (χ0n) is 18.7. The SMILES string of the molecule is CCCCCCCCC(CCCCCCCC(O)CCCCCC)S(=O)(=O)O. The number of aliphatic hydroxyl groups excluding tert-OH is 1. The smallest absolute Gasteiger partial charge is 0.267 e. The molecule has 0 saturated carbocycles. The molecule has 0 spiro atoms. The van der Waals surface area contributed by atoms with Gasteiger partial charge in [-0.1, -0.05) is 110 Å². The molecule has 170 valence electrons. The molecule has 0 bridgehead atoms. The third-order valence-corrected chi connectivity index (χ3v) is 7.07. The van der Waals surface area contributed by atoms with Gasteiger partial charge < -0.3 is 5.11 Å². The average molecular weight is 421 g/mol. The fraction of sp³-hybridized carbons (Fsp3) is 1.00. The first-order chi connectivity index (χ1) is 13.4. The van der Waals surface area contributed by atoms with Gasteiger partial charge in [-0.3, -0.25) is 4.55 Å². The highest BCUT2D eigenvalue weighted by molar-refractivity contribution is 7.86. The molecule has 0 saturated heterocycles. The van der Waals surface area contributed by atoms with Crippen molar-refractivity contribution in [3.05, 3.63) is 0 Å². The topological polar surface area (TPSA) is 74.6 Å². The number of hydrogen-bond acceptors (Lipinski definition) is 3. The fourth-order valence-corrected chi connectivity index (χ4v) is 4.76. The summed E-state index contributed by atoms with van der Waals surface area (Å²) in [5.41, 5.74) is 0. The first kappa shape index (κ1) is 27.9. The quantitative estimate of drug-likeness (QED) is 0.154.